The summed E-state index contributed by atoms with van der Waals surface area (Å²) in [5, 5.41) is 2.83. The van der Waals surface area contributed by atoms with Gasteiger partial charge in [-0.2, -0.15) is 0 Å². The van der Waals surface area contributed by atoms with Crippen LogP contribution in [0.15, 0.2) is 0 Å². The number of quaternary nitrogens is 1. The predicted octanol–water partition coefficient (Wildman–Crippen LogP) is 0.263. The minimum atomic E-state index is -0.371. The molecule has 1 fully saturated rings. The van der Waals surface area contributed by atoms with Gasteiger partial charge in [-0.25, -0.2) is 9.97 Å². The van der Waals surface area contributed by atoms with E-state index in [-0.39, 0.29) is 28.4 Å². The lowest BCUT2D eigenvalue weighted by atomic mass is 10.2. The lowest BCUT2D eigenvalue weighted by molar-refractivity contribution is -0.900. The molecule has 20 heavy (non-hydrogen) atoms. The average molecular weight is 300 g/mol. The molecule has 8 heteroatoms. The Labute approximate surface area is 122 Å². The van der Waals surface area contributed by atoms with Crippen LogP contribution in [-0.2, 0) is 0 Å². The molecule has 110 valence electrons. The SMILES string of the molecule is C[N+]1(C)CCC[C@@H]1CNC(=O)c1nc(Cl)c(N)nc1N. The second-order valence-electron chi connectivity index (χ2n) is 5.64. The summed E-state index contributed by atoms with van der Waals surface area (Å²) in [5.41, 5.74) is 11.2. The van der Waals surface area contributed by atoms with E-state index in [0.29, 0.717) is 12.6 Å². The van der Waals surface area contributed by atoms with Gasteiger partial charge in [0.15, 0.2) is 22.5 Å². The molecule has 1 amide bonds. The van der Waals surface area contributed by atoms with Gasteiger partial charge in [-0.3, -0.25) is 4.79 Å². The van der Waals surface area contributed by atoms with Crippen molar-refractivity contribution in [2.75, 3.05) is 38.7 Å². The van der Waals surface area contributed by atoms with Crippen LogP contribution >= 0.6 is 11.6 Å². The van der Waals surface area contributed by atoms with Gasteiger partial charge in [0.2, 0.25) is 0 Å². The Morgan fingerprint density at radius 1 is 1.40 bits per heavy atom. The Morgan fingerprint density at radius 3 is 2.70 bits per heavy atom. The normalized spacial score (nSPS) is 20.9. The van der Waals surface area contributed by atoms with E-state index in [0.717, 1.165) is 17.4 Å². The molecule has 1 aliphatic rings. The largest absolute Gasteiger partial charge is 0.382 e. The number of nitrogens with one attached hydrogen (secondary N) is 1. The highest BCUT2D eigenvalue weighted by molar-refractivity contribution is 6.31. The first kappa shape index (κ1) is 14.8. The number of carbonyl (C=O) groups is 1. The van der Waals surface area contributed by atoms with Gasteiger partial charge in [-0.15, -0.1) is 0 Å². The van der Waals surface area contributed by atoms with Crippen molar-refractivity contribution in [1.29, 1.82) is 0 Å². The summed E-state index contributed by atoms with van der Waals surface area (Å²) >= 11 is 5.77. The Morgan fingerprint density at radius 2 is 2.10 bits per heavy atom. The van der Waals surface area contributed by atoms with Gasteiger partial charge in [0.1, 0.15) is 6.04 Å². The van der Waals surface area contributed by atoms with E-state index in [1.165, 1.54) is 6.42 Å². The van der Waals surface area contributed by atoms with Crippen LogP contribution in [0.5, 0.6) is 0 Å². The lowest BCUT2D eigenvalue weighted by Gasteiger charge is -2.31. The first-order valence-electron chi connectivity index (χ1n) is 6.50. The Kier molecular flexibility index (Phi) is 4.01. The van der Waals surface area contributed by atoms with Crippen molar-refractivity contribution >= 4 is 29.1 Å². The van der Waals surface area contributed by atoms with Crippen LogP contribution in [0.25, 0.3) is 0 Å². The smallest absolute Gasteiger partial charge is 0.274 e. The number of nitrogens with two attached hydrogens (primary N) is 2. The van der Waals surface area contributed by atoms with Gasteiger partial charge in [0, 0.05) is 12.8 Å². The summed E-state index contributed by atoms with van der Waals surface area (Å²) in [4.78, 5) is 19.8. The number of amides is 1. The molecule has 1 aromatic rings. The molecule has 0 saturated carbocycles. The number of likely N-dealkylation sites (N-methyl/N-ethyl adjacent to an activating group) is 1. The fourth-order valence-electron chi connectivity index (χ4n) is 2.52. The minimum Gasteiger partial charge on any atom is -0.382 e. The van der Waals surface area contributed by atoms with E-state index in [1.54, 1.807) is 0 Å². The van der Waals surface area contributed by atoms with Gasteiger partial charge >= 0.3 is 0 Å². The zero-order chi connectivity index (χ0) is 14.9. The molecule has 5 N–H and O–H groups in total. The summed E-state index contributed by atoms with van der Waals surface area (Å²) in [6.07, 6.45) is 2.26. The van der Waals surface area contributed by atoms with Crippen LogP contribution in [0.3, 0.4) is 0 Å². The standard InChI is InChI=1S/C12H19ClN6O/c1-19(2)5-3-4-7(19)6-16-12(20)8-10(14)18-11(15)9(13)17-8/h7H,3-6H2,1-2H3,(H4-,14,15,16,18,20)/p+1/t7-/m1/s1. The molecule has 7 nitrogen and oxygen atoms in total. The van der Waals surface area contributed by atoms with E-state index >= 15 is 0 Å². The molecule has 1 aromatic heterocycles. The number of hydrogen-bond acceptors (Lipinski definition) is 5. The number of hydrogen-bond donors (Lipinski definition) is 3. The highest BCUT2D eigenvalue weighted by Crippen LogP contribution is 2.22. The number of rotatable bonds is 3. The fourth-order valence-corrected chi connectivity index (χ4v) is 2.65. The Bertz CT molecular complexity index is 533. The maximum absolute atomic E-state index is 12.1. The van der Waals surface area contributed by atoms with Crippen molar-refractivity contribution in [3.63, 3.8) is 0 Å². The topological polar surface area (TPSA) is 107 Å². The summed E-state index contributed by atoms with van der Waals surface area (Å²) < 4.78 is 0.907. The maximum atomic E-state index is 12.1. The van der Waals surface area contributed by atoms with Crippen LogP contribution in [-0.4, -0.2) is 53.6 Å². The van der Waals surface area contributed by atoms with Crippen LogP contribution in [0.1, 0.15) is 23.3 Å². The molecular weight excluding hydrogens is 280 g/mol. The Balaban J connectivity index is 2.04. The van der Waals surface area contributed by atoms with E-state index in [9.17, 15) is 4.79 Å². The van der Waals surface area contributed by atoms with Gasteiger partial charge < -0.3 is 21.3 Å². The van der Waals surface area contributed by atoms with Crippen LogP contribution in [0, 0.1) is 0 Å². The second-order valence-corrected chi connectivity index (χ2v) is 6.00. The maximum Gasteiger partial charge on any atom is 0.274 e. The molecule has 0 radical (unpaired) electrons. The third kappa shape index (κ3) is 2.94. The third-order valence-electron chi connectivity index (χ3n) is 3.88. The highest BCUT2D eigenvalue weighted by Gasteiger charge is 2.34. The third-order valence-corrected chi connectivity index (χ3v) is 4.16. The summed E-state index contributed by atoms with van der Waals surface area (Å²) in [6.45, 7) is 1.70. The molecule has 1 saturated heterocycles. The average Bonchev–Trinajstić information content (AvgIpc) is 2.70. The number of anilines is 2. The molecule has 1 aliphatic heterocycles. The van der Waals surface area contributed by atoms with Crippen molar-refractivity contribution in [3.8, 4) is 0 Å². The van der Waals surface area contributed by atoms with E-state index in [1.807, 2.05) is 0 Å². The summed E-state index contributed by atoms with van der Waals surface area (Å²) in [7, 11) is 4.33. The molecule has 1 atom stereocenters. The van der Waals surface area contributed by atoms with Crippen LogP contribution < -0.4 is 16.8 Å². The molecule has 2 rings (SSSR count). The first-order valence-corrected chi connectivity index (χ1v) is 6.88. The Hall–Kier alpha value is -1.60. The summed E-state index contributed by atoms with van der Waals surface area (Å²) in [6, 6.07) is 0.400. The van der Waals surface area contributed by atoms with E-state index in [4.69, 9.17) is 23.1 Å². The number of halogens is 1. The van der Waals surface area contributed by atoms with Gasteiger partial charge in [0.05, 0.1) is 27.2 Å². The van der Waals surface area contributed by atoms with Crippen LogP contribution in [0.2, 0.25) is 5.15 Å². The zero-order valence-electron chi connectivity index (χ0n) is 11.7. The predicted molar refractivity (Wildman–Crippen MR) is 78.2 cm³/mol. The molecule has 0 aliphatic carbocycles. The van der Waals surface area contributed by atoms with Crippen molar-refractivity contribution < 1.29 is 9.28 Å². The molecule has 0 bridgehead atoms. The van der Waals surface area contributed by atoms with E-state index in [2.05, 4.69) is 29.4 Å². The highest BCUT2D eigenvalue weighted by atomic mass is 35.5. The lowest BCUT2D eigenvalue weighted by Crippen LogP contribution is -2.49. The van der Waals surface area contributed by atoms with Crippen molar-refractivity contribution in [3.05, 3.63) is 10.8 Å². The zero-order valence-corrected chi connectivity index (χ0v) is 12.4. The monoisotopic (exact) mass is 299 g/mol. The number of nitrogen functional groups attached to an aromatic ring is 2. The summed E-state index contributed by atoms with van der Waals surface area (Å²) in [5.74, 6) is -0.359. The fraction of sp³-hybridized carbons (Fsp3) is 0.583. The molecule has 2 heterocycles. The van der Waals surface area contributed by atoms with Gasteiger partial charge in [0.25, 0.3) is 5.91 Å². The number of aromatic nitrogens is 2. The van der Waals surface area contributed by atoms with Crippen LogP contribution in [0.4, 0.5) is 11.6 Å². The quantitative estimate of drug-likeness (QED) is 0.694. The first-order chi connectivity index (χ1) is 9.31. The molecular formula is C12H20ClN6O+. The number of carbonyl (C=O) groups excluding carboxylic acids is 1. The van der Waals surface area contributed by atoms with Gasteiger partial charge in [-0.05, 0) is 0 Å². The number of nitrogens with zero attached hydrogens (tertiary/aromatic N) is 3. The molecule has 0 unspecified atom stereocenters. The van der Waals surface area contributed by atoms with Crippen molar-refractivity contribution in [2.45, 2.75) is 18.9 Å². The van der Waals surface area contributed by atoms with E-state index < -0.39 is 0 Å². The molecule has 0 aromatic carbocycles. The van der Waals surface area contributed by atoms with Crippen molar-refractivity contribution in [1.82, 2.24) is 15.3 Å². The second kappa shape index (κ2) is 5.41. The minimum absolute atomic E-state index is 0.00966. The molecule has 0 spiro atoms. The number of likely N-dealkylation sites (tertiary alicyclic amines) is 1. The van der Waals surface area contributed by atoms with Crippen molar-refractivity contribution in [2.24, 2.45) is 0 Å². The van der Waals surface area contributed by atoms with Gasteiger partial charge in [-0.1, -0.05) is 11.6 Å².